The van der Waals surface area contributed by atoms with Crippen molar-refractivity contribution >= 4 is 21.6 Å². The van der Waals surface area contributed by atoms with E-state index in [4.69, 9.17) is 10.5 Å². The van der Waals surface area contributed by atoms with Crippen LogP contribution in [0.15, 0.2) is 16.7 Å². The Balaban J connectivity index is 1.82. The molecule has 2 heterocycles. The highest BCUT2D eigenvalue weighted by molar-refractivity contribution is 9.10. The average Bonchev–Trinajstić information content (AvgIpc) is 3.05. The van der Waals surface area contributed by atoms with Crippen LogP contribution < -0.4 is 15.4 Å². The lowest BCUT2D eigenvalue weighted by molar-refractivity contribution is 0.324. The van der Waals surface area contributed by atoms with Crippen LogP contribution in [0, 0.1) is 5.92 Å². The van der Waals surface area contributed by atoms with Crippen molar-refractivity contribution in [3.05, 3.63) is 16.7 Å². The lowest BCUT2D eigenvalue weighted by Gasteiger charge is -2.29. The van der Waals surface area contributed by atoms with Crippen LogP contribution in [0.2, 0.25) is 0 Å². The number of nitrogens with zero attached hydrogens (tertiary/aromatic N) is 2. The van der Waals surface area contributed by atoms with Crippen LogP contribution in [0.5, 0.6) is 5.88 Å². The molecular formula is C14H20BrN3O. The minimum absolute atomic E-state index is 0.584. The summed E-state index contributed by atoms with van der Waals surface area (Å²) in [4.78, 5) is 6.94. The van der Waals surface area contributed by atoms with E-state index in [1.165, 1.54) is 18.5 Å². The van der Waals surface area contributed by atoms with Crippen molar-refractivity contribution in [2.75, 3.05) is 18.1 Å². The van der Waals surface area contributed by atoms with E-state index in [1.54, 1.807) is 0 Å². The summed E-state index contributed by atoms with van der Waals surface area (Å²) < 4.78 is 6.40. The van der Waals surface area contributed by atoms with E-state index in [-0.39, 0.29) is 0 Å². The van der Waals surface area contributed by atoms with Crippen molar-refractivity contribution < 1.29 is 4.74 Å². The van der Waals surface area contributed by atoms with Gasteiger partial charge in [0.15, 0.2) is 0 Å². The minimum atomic E-state index is 0.584. The zero-order valence-electron chi connectivity index (χ0n) is 11.2. The predicted octanol–water partition coefficient (Wildman–Crippen LogP) is 2.56. The van der Waals surface area contributed by atoms with Gasteiger partial charge in [-0.2, -0.15) is 0 Å². The molecule has 0 radical (unpaired) electrons. The van der Waals surface area contributed by atoms with Gasteiger partial charge in [-0.15, -0.1) is 0 Å². The Morgan fingerprint density at radius 1 is 1.53 bits per heavy atom. The maximum absolute atomic E-state index is 5.73. The Morgan fingerprint density at radius 2 is 2.37 bits per heavy atom. The monoisotopic (exact) mass is 325 g/mol. The molecule has 1 aromatic heterocycles. The molecular weight excluding hydrogens is 306 g/mol. The standard InChI is InChI=1S/C14H20BrN3O/c1-2-19-14-12(15)7-11(8-17-14)18-10(3-4-16)5-9-6-13(9)18/h7-10,13H,2-6,16H2,1H3. The number of anilines is 1. The number of hydrogen-bond donors (Lipinski definition) is 1. The zero-order valence-corrected chi connectivity index (χ0v) is 12.8. The van der Waals surface area contributed by atoms with Gasteiger partial charge in [0.2, 0.25) is 5.88 Å². The van der Waals surface area contributed by atoms with Gasteiger partial charge in [0.05, 0.1) is 23.0 Å². The molecule has 3 atom stereocenters. The van der Waals surface area contributed by atoms with Crippen molar-refractivity contribution in [1.82, 2.24) is 4.98 Å². The van der Waals surface area contributed by atoms with Crippen LogP contribution >= 0.6 is 15.9 Å². The molecule has 0 spiro atoms. The number of halogens is 1. The zero-order chi connectivity index (χ0) is 13.4. The lowest BCUT2D eigenvalue weighted by atomic mass is 10.1. The molecule has 2 aliphatic rings. The fraction of sp³-hybridized carbons (Fsp3) is 0.643. The van der Waals surface area contributed by atoms with Crippen LogP contribution in [0.3, 0.4) is 0 Å². The third kappa shape index (κ3) is 2.46. The second-order valence-corrected chi connectivity index (χ2v) is 6.21. The molecule has 1 saturated heterocycles. The Hall–Kier alpha value is -0.810. The van der Waals surface area contributed by atoms with Gasteiger partial charge in [-0.05, 0) is 60.6 Å². The van der Waals surface area contributed by atoms with Crippen LogP contribution in [0.4, 0.5) is 5.69 Å². The first kappa shape index (κ1) is 13.2. The van der Waals surface area contributed by atoms with Gasteiger partial charge in [-0.1, -0.05) is 0 Å². The number of nitrogens with two attached hydrogens (primary N) is 1. The predicted molar refractivity (Wildman–Crippen MR) is 79.6 cm³/mol. The van der Waals surface area contributed by atoms with E-state index in [1.807, 2.05) is 13.1 Å². The quantitative estimate of drug-likeness (QED) is 0.903. The molecule has 1 saturated carbocycles. The average molecular weight is 326 g/mol. The van der Waals surface area contributed by atoms with Gasteiger partial charge in [-0.25, -0.2) is 4.98 Å². The number of pyridine rings is 1. The summed E-state index contributed by atoms with van der Waals surface area (Å²) in [5, 5.41) is 0. The van der Waals surface area contributed by atoms with Gasteiger partial charge < -0.3 is 15.4 Å². The first-order valence-electron chi connectivity index (χ1n) is 7.01. The van der Waals surface area contributed by atoms with E-state index in [0.29, 0.717) is 24.6 Å². The van der Waals surface area contributed by atoms with E-state index in [9.17, 15) is 0 Å². The minimum Gasteiger partial charge on any atom is -0.477 e. The van der Waals surface area contributed by atoms with Gasteiger partial charge in [-0.3, -0.25) is 0 Å². The molecule has 2 fully saturated rings. The second kappa shape index (κ2) is 5.29. The largest absolute Gasteiger partial charge is 0.477 e. The highest BCUT2D eigenvalue weighted by Crippen LogP contribution is 2.50. The number of aromatic nitrogens is 1. The van der Waals surface area contributed by atoms with Gasteiger partial charge in [0.25, 0.3) is 0 Å². The van der Waals surface area contributed by atoms with Crippen LogP contribution in [0.1, 0.15) is 26.2 Å². The van der Waals surface area contributed by atoms with Gasteiger partial charge in [0, 0.05) is 12.1 Å². The Labute approximate surface area is 122 Å². The SMILES string of the molecule is CCOc1ncc(N2C(CCN)CC3CC32)cc1Br. The molecule has 104 valence electrons. The van der Waals surface area contributed by atoms with E-state index >= 15 is 0 Å². The molecule has 0 bridgehead atoms. The Bertz CT molecular complexity index is 468. The number of hydrogen-bond acceptors (Lipinski definition) is 4. The van der Waals surface area contributed by atoms with Crippen LogP contribution in [0.25, 0.3) is 0 Å². The summed E-state index contributed by atoms with van der Waals surface area (Å²) in [7, 11) is 0. The summed E-state index contributed by atoms with van der Waals surface area (Å²) in [6, 6.07) is 3.42. The molecule has 5 heteroatoms. The van der Waals surface area contributed by atoms with E-state index < -0.39 is 0 Å². The molecule has 0 aromatic carbocycles. The Morgan fingerprint density at radius 3 is 3.05 bits per heavy atom. The van der Waals surface area contributed by atoms with Crippen molar-refractivity contribution in [3.63, 3.8) is 0 Å². The van der Waals surface area contributed by atoms with Crippen molar-refractivity contribution in [2.45, 2.75) is 38.3 Å². The number of piperidine rings is 1. The highest BCUT2D eigenvalue weighted by Gasteiger charge is 2.51. The summed E-state index contributed by atoms with van der Waals surface area (Å²) in [6.45, 7) is 3.36. The summed E-state index contributed by atoms with van der Waals surface area (Å²) in [5.41, 5.74) is 6.92. The number of ether oxygens (including phenoxy) is 1. The molecule has 2 N–H and O–H groups in total. The molecule has 19 heavy (non-hydrogen) atoms. The van der Waals surface area contributed by atoms with E-state index in [2.05, 4.69) is 31.9 Å². The Kier molecular flexibility index (Phi) is 3.67. The fourth-order valence-electron chi connectivity index (χ4n) is 3.21. The smallest absolute Gasteiger partial charge is 0.228 e. The number of fused-ring (bicyclic) bond motifs is 1. The molecule has 0 amide bonds. The van der Waals surface area contributed by atoms with Crippen LogP contribution in [-0.2, 0) is 0 Å². The molecule has 1 aliphatic carbocycles. The highest BCUT2D eigenvalue weighted by atomic mass is 79.9. The first-order chi connectivity index (χ1) is 9.24. The van der Waals surface area contributed by atoms with Gasteiger partial charge in [0.1, 0.15) is 0 Å². The molecule has 3 unspecified atom stereocenters. The summed E-state index contributed by atoms with van der Waals surface area (Å²) in [5.74, 6) is 1.55. The van der Waals surface area contributed by atoms with Crippen molar-refractivity contribution in [2.24, 2.45) is 11.7 Å². The fourth-order valence-corrected chi connectivity index (χ4v) is 3.66. The maximum Gasteiger partial charge on any atom is 0.228 e. The van der Waals surface area contributed by atoms with Crippen molar-refractivity contribution in [1.29, 1.82) is 0 Å². The normalized spacial score (nSPS) is 28.4. The number of rotatable bonds is 5. The third-order valence-electron chi connectivity index (χ3n) is 4.08. The first-order valence-corrected chi connectivity index (χ1v) is 7.80. The molecule has 4 nitrogen and oxygen atoms in total. The summed E-state index contributed by atoms with van der Waals surface area (Å²) in [6.07, 6.45) is 5.61. The third-order valence-corrected chi connectivity index (χ3v) is 4.65. The topological polar surface area (TPSA) is 51.4 Å². The molecule has 1 aromatic rings. The molecule has 1 aliphatic heterocycles. The molecule has 3 rings (SSSR count). The maximum atomic E-state index is 5.73. The van der Waals surface area contributed by atoms with Crippen LogP contribution in [-0.4, -0.2) is 30.2 Å². The lowest BCUT2D eigenvalue weighted by Crippen LogP contribution is -2.34. The van der Waals surface area contributed by atoms with Crippen molar-refractivity contribution in [3.8, 4) is 5.88 Å². The second-order valence-electron chi connectivity index (χ2n) is 5.35. The summed E-state index contributed by atoms with van der Waals surface area (Å²) >= 11 is 3.55. The van der Waals surface area contributed by atoms with Gasteiger partial charge >= 0.3 is 0 Å². The van der Waals surface area contributed by atoms with E-state index in [0.717, 1.165) is 23.4 Å².